The molecule has 1 fully saturated rings. The monoisotopic (exact) mass is 273 g/mol. The molecule has 0 saturated carbocycles. The third-order valence-corrected chi connectivity index (χ3v) is 5.14. The van der Waals surface area contributed by atoms with Gasteiger partial charge in [-0.2, -0.15) is 0 Å². The molecule has 100 valence electrons. The predicted octanol–water partition coefficient (Wildman–Crippen LogP) is 0.941. The van der Waals surface area contributed by atoms with E-state index in [0.717, 1.165) is 0 Å². The van der Waals surface area contributed by atoms with Crippen molar-refractivity contribution < 1.29 is 17.9 Å². The molecule has 0 amide bonds. The molecule has 1 saturated heterocycles. The first-order valence-corrected chi connectivity index (χ1v) is 7.58. The molecule has 1 aliphatic rings. The third kappa shape index (κ3) is 2.49. The second-order valence-electron chi connectivity index (χ2n) is 4.56. The topological polar surface area (TPSA) is 57.6 Å². The molecule has 0 aliphatic carbocycles. The second kappa shape index (κ2) is 4.85. The van der Waals surface area contributed by atoms with Crippen molar-refractivity contribution in [1.29, 1.82) is 0 Å². The van der Waals surface area contributed by atoms with Crippen molar-refractivity contribution in [2.24, 2.45) is 0 Å². The number of benzene rings is 1. The normalized spacial score (nSPS) is 22.1. The van der Waals surface area contributed by atoms with E-state index in [2.05, 4.69) is 0 Å². The summed E-state index contributed by atoms with van der Waals surface area (Å²) in [5, 5.41) is 9.21. The van der Waals surface area contributed by atoms with E-state index >= 15 is 0 Å². The van der Waals surface area contributed by atoms with E-state index in [9.17, 15) is 17.9 Å². The quantitative estimate of drug-likeness (QED) is 0.890. The van der Waals surface area contributed by atoms with Gasteiger partial charge in [0, 0.05) is 24.3 Å². The first-order valence-electron chi connectivity index (χ1n) is 5.76. The van der Waals surface area contributed by atoms with Crippen LogP contribution < -0.4 is 4.90 Å². The first kappa shape index (κ1) is 13.3. The van der Waals surface area contributed by atoms with Crippen LogP contribution in [-0.4, -0.2) is 38.1 Å². The van der Waals surface area contributed by atoms with Gasteiger partial charge in [0.1, 0.15) is 5.82 Å². The van der Waals surface area contributed by atoms with Gasteiger partial charge < -0.3 is 10.0 Å². The lowest BCUT2D eigenvalue weighted by Gasteiger charge is -2.27. The molecule has 0 aromatic heterocycles. The molecule has 1 unspecified atom stereocenters. The molecule has 18 heavy (non-hydrogen) atoms. The molecule has 1 heterocycles. The van der Waals surface area contributed by atoms with Crippen molar-refractivity contribution in [1.82, 2.24) is 0 Å². The Hall–Kier alpha value is -1.14. The van der Waals surface area contributed by atoms with Gasteiger partial charge in [-0.1, -0.05) is 6.07 Å². The summed E-state index contributed by atoms with van der Waals surface area (Å²) in [5.74, 6) is -0.209. The van der Waals surface area contributed by atoms with Crippen LogP contribution in [0.15, 0.2) is 18.2 Å². The number of anilines is 1. The van der Waals surface area contributed by atoms with E-state index in [-0.39, 0.29) is 23.1 Å². The fourth-order valence-electron chi connectivity index (χ4n) is 2.31. The number of sulfone groups is 1. The maximum atomic E-state index is 13.5. The van der Waals surface area contributed by atoms with Crippen LogP contribution in [0.25, 0.3) is 0 Å². The van der Waals surface area contributed by atoms with Crippen LogP contribution in [0.2, 0.25) is 0 Å². The van der Waals surface area contributed by atoms with Crippen LogP contribution in [0.3, 0.4) is 0 Å². The van der Waals surface area contributed by atoms with Gasteiger partial charge in [-0.05, 0) is 18.6 Å². The van der Waals surface area contributed by atoms with Crippen molar-refractivity contribution in [2.75, 3.05) is 23.5 Å². The van der Waals surface area contributed by atoms with Gasteiger partial charge >= 0.3 is 0 Å². The highest BCUT2D eigenvalue weighted by atomic mass is 32.2. The maximum absolute atomic E-state index is 13.5. The summed E-state index contributed by atoms with van der Waals surface area (Å²) < 4.78 is 36.4. The van der Waals surface area contributed by atoms with Gasteiger partial charge in [0.2, 0.25) is 0 Å². The largest absolute Gasteiger partial charge is 0.391 e. The molecule has 4 nitrogen and oxygen atoms in total. The Balaban J connectivity index is 2.29. The Morgan fingerprint density at radius 3 is 2.78 bits per heavy atom. The molecule has 0 spiro atoms. The first-order chi connectivity index (χ1) is 8.44. The lowest BCUT2D eigenvalue weighted by atomic mass is 10.1. The van der Waals surface area contributed by atoms with E-state index in [1.807, 2.05) is 0 Å². The Kier molecular flexibility index (Phi) is 3.59. The average molecular weight is 273 g/mol. The Morgan fingerprint density at radius 1 is 1.50 bits per heavy atom. The number of halogens is 1. The molecule has 1 aliphatic heterocycles. The Morgan fingerprint density at radius 2 is 2.22 bits per heavy atom. The lowest BCUT2D eigenvalue weighted by molar-refractivity contribution is 0.276. The molecular weight excluding hydrogens is 257 g/mol. The fraction of sp³-hybridized carbons (Fsp3) is 0.500. The van der Waals surface area contributed by atoms with Crippen LogP contribution in [0.1, 0.15) is 12.0 Å². The molecule has 0 bridgehead atoms. The van der Waals surface area contributed by atoms with Gasteiger partial charge in [0.25, 0.3) is 0 Å². The Labute approximate surface area is 106 Å². The van der Waals surface area contributed by atoms with E-state index < -0.39 is 22.3 Å². The fourth-order valence-corrected chi connectivity index (χ4v) is 4.09. The highest BCUT2D eigenvalue weighted by Gasteiger charge is 2.31. The highest BCUT2D eigenvalue weighted by molar-refractivity contribution is 7.91. The Bertz CT molecular complexity index is 544. The minimum atomic E-state index is -2.98. The van der Waals surface area contributed by atoms with Gasteiger partial charge in [-0.15, -0.1) is 0 Å². The van der Waals surface area contributed by atoms with Crippen LogP contribution >= 0.6 is 0 Å². The van der Waals surface area contributed by atoms with Crippen molar-refractivity contribution in [3.63, 3.8) is 0 Å². The van der Waals surface area contributed by atoms with Gasteiger partial charge in [-0.3, -0.25) is 0 Å². The van der Waals surface area contributed by atoms with Crippen LogP contribution in [0, 0.1) is 5.82 Å². The predicted molar refractivity (Wildman–Crippen MR) is 67.8 cm³/mol. The van der Waals surface area contributed by atoms with Crippen LogP contribution in [0.4, 0.5) is 10.1 Å². The number of hydrogen-bond acceptors (Lipinski definition) is 4. The third-order valence-electron chi connectivity index (χ3n) is 3.39. The van der Waals surface area contributed by atoms with Crippen LogP contribution in [0.5, 0.6) is 0 Å². The van der Waals surface area contributed by atoms with Crippen molar-refractivity contribution in [3.05, 3.63) is 29.6 Å². The molecule has 0 radical (unpaired) electrons. The summed E-state index contributed by atoms with van der Waals surface area (Å²) >= 11 is 0. The summed E-state index contributed by atoms with van der Waals surface area (Å²) in [4.78, 5) is 1.75. The second-order valence-corrected chi connectivity index (χ2v) is 6.79. The van der Waals surface area contributed by atoms with Gasteiger partial charge in [0.15, 0.2) is 9.84 Å². The number of rotatable bonds is 3. The number of hydrogen-bond donors (Lipinski definition) is 1. The standard InChI is InChI=1S/C12H16FNO3S/c1-14(9-5-6-18(16,17)8-9)12-4-2-3-11(13)10(12)7-15/h2-4,9,15H,5-8H2,1H3. The average Bonchev–Trinajstić information content (AvgIpc) is 2.68. The lowest BCUT2D eigenvalue weighted by Crippen LogP contribution is -2.33. The number of aliphatic hydroxyl groups is 1. The molecular formula is C12H16FNO3S. The highest BCUT2D eigenvalue weighted by Crippen LogP contribution is 2.27. The van der Waals surface area contributed by atoms with Crippen molar-refractivity contribution in [2.45, 2.75) is 19.1 Å². The number of aliphatic hydroxyl groups excluding tert-OH is 1. The summed E-state index contributed by atoms with van der Waals surface area (Å²) in [6.07, 6.45) is 0.542. The zero-order chi connectivity index (χ0) is 13.3. The molecule has 2 rings (SSSR count). The van der Waals surface area contributed by atoms with Crippen molar-refractivity contribution in [3.8, 4) is 0 Å². The minimum Gasteiger partial charge on any atom is -0.391 e. The summed E-state index contributed by atoms with van der Waals surface area (Å²) in [7, 11) is -1.24. The summed E-state index contributed by atoms with van der Waals surface area (Å²) in [6, 6.07) is 4.39. The van der Waals surface area contributed by atoms with Crippen LogP contribution in [-0.2, 0) is 16.4 Å². The molecule has 1 atom stereocenters. The molecule has 1 aromatic carbocycles. The van der Waals surface area contributed by atoms with E-state index in [0.29, 0.717) is 12.1 Å². The molecule has 1 aromatic rings. The minimum absolute atomic E-state index is 0.0882. The smallest absolute Gasteiger partial charge is 0.152 e. The maximum Gasteiger partial charge on any atom is 0.152 e. The molecule has 1 N–H and O–H groups in total. The number of nitrogens with zero attached hydrogens (tertiary/aromatic N) is 1. The van der Waals surface area contributed by atoms with Gasteiger partial charge in [0.05, 0.1) is 18.1 Å². The van der Waals surface area contributed by atoms with E-state index in [1.165, 1.54) is 6.07 Å². The van der Waals surface area contributed by atoms with E-state index in [4.69, 9.17) is 0 Å². The molecule has 6 heteroatoms. The van der Waals surface area contributed by atoms with Crippen molar-refractivity contribution >= 4 is 15.5 Å². The van der Waals surface area contributed by atoms with E-state index in [1.54, 1.807) is 24.1 Å². The summed E-state index contributed by atoms with van der Waals surface area (Å²) in [5.41, 5.74) is 0.767. The SMILES string of the molecule is CN(c1cccc(F)c1CO)C1CCS(=O)(=O)C1. The zero-order valence-corrected chi connectivity index (χ0v) is 11.0. The van der Waals surface area contributed by atoms with Gasteiger partial charge in [-0.25, -0.2) is 12.8 Å². The zero-order valence-electron chi connectivity index (χ0n) is 10.1. The summed E-state index contributed by atoms with van der Waals surface area (Å²) in [6.45, 7) is -0.397.